The van der Waals surface area contributed by atoms with Crippen molar-refractivity contribution >= 4 is 0 Å². The van der Waals surface area contributed by atoms with E-state index in [1.165, 1.54) is 24.9 Å². The number of nitrogens with zero attached hydrogens (tertiary/aromatic N) is 3. The molecule has 1 aliphatic rings. The molecule has 0 saturated carbocycles. The number of likely N-dealkylation sites (tertiary alicyclic amines) is 1. The molecular formula is C15H28N4O. The number of methoxy groups -OCH3 is 1. The zero-order valence-corrected chi connectivity index (χ0v) is 13.4. The molecule has 1 aromatic heterocycles. The Bertz CT molecular complexity index is 429. The van der Waals surface area contributed by atoms with E-state index in [0.29, 0.717) is 12.0 Å². The van der Waals surface area contributed by atoms with Crippen LogP contribution in [0.1, 0.15) is 37.1 Å². The van der Waals surface area contributed by atoms with Crippen LogP contribution < -0.4 is 10.1 Å². The third-order valence-corrected chi connectivity index (χ3v) is 4.31. The van der Waals surface area contributed by atoms with Gasteiger partial charge in [0.25, 0.3) is 0 Å². The maximum absolute atomic E-state index is 5.62. The lowest BCUT2D eigenvalue weighted by Crippen LogP contribution is -2.30. The fraction of sp³-hybridized carbons (Fsp3) is 0.800. The van der Waals surface area contributed by atoms with Crippen molar-refractivity contribution in [3.8, 4) is 5.88 Å². The molecule has 114 valence electrons. The van der Waals surface area contributed by atoms with E-state index >= 15 is 0 Å². The lowest BCUT2D eigenvalue weighted by molar-refractivity contribution is 0.220. The van der Waals surface area contributed by atoms with Crippen molar-refractivity contribution in [2.75, 3.05) is 33.8 Å². The van der Waals surface area contributed by atoms with Gasteiger partial charge in [-0.05, 0) is 52.4 Å². The van der Waals surface area contributed by atoms with E-state index in [1.807, 2.05) is 18.8 Å². The highest BCUT2D eigenvalue weighted by Crippen LogP contribution is 2.42. The minimum atomic E-state index is 0.422. The number of ether oxygens (including phenoxy) is 1. The molecule has 0 amide bonds. The van der Waals surface area contributed by atoms with E-state index in [4.69, 9.17) is 4.74 Å². The van der Waals surface area contributed by atoms with Gasteiger partial charge in [0.15, 0.2) is 0 Å². The number of aryl methyl sites for hydroxylation is 2. The zero-order chi connectivity index (χ0) is 14.7. The Morgan fingerprint density at radius 2 is 2.20 bits per heavy atom. The summed E-state index contributed by atoms with van der Waals surface area (Å²) in [5.74, 6) is 1.54. The minimum absolute atomic E-state index is 0.422. The van der Waals surface area contributed by atoms with Crippen LogP contribution in [0, 0.1) is 12.8 Å². The highest BCUT2D eigenvalue weighted by molar-refractivity contribution is 5.35. The van der Waals surface area contributed by atoms with Crippen molar-refractivity contribution in [2.24, 2.45) is 13.0 Å². The standard InChI is InChI=1S/C15H28N4O/c1-6-8-19-9-7-12(10-16-3)14(19)13-11(2)17-18(4)15(13)20-5/h12,14,16H,6-10H2,1-5H3. The van der Waals surface area contributed by atoms with E-state index in [1.54, 1.807) is 7.11 Å². The summed E-state index contributed by atoms with van der Waals surface area (Å²) in [5, 5.41) is 7.90. The summed E-state index contributed by atoms with van der Waals surface area (Å²) in [6.45, 7) is 7.69. The topological polar surface area (TPSA) is 42.3 Å². The van der Waals surface area contributed by atoms with Crippen LogP contribution in [0.2, 0.25) is 0 Å². The van der Waals surface area contributed by atoms with Crippen LogP contribution in [0.15, 0.2) is 0 Å². The van der Waals surface area contributed by atoms with Gasteiger partial charge in [0.2, 0.25) is 5.88 Å². The second kappa shape index (κ2) is 6.59. The van der Waals surface area contributed by atoms with Crippen LogP contribution in [-0.4, -0.2) is 48.5 Å². The predicted octanol–water partition coefficient (Wildman–Crippen LogP) is 1.73. The quantitative estimate of drug-likeness (QED) is 0.862. The summed E-state index contributed by atoms with van der Waals surface area (Å²) < 4.78 is 7.48. The zero-order valence-electron chi connectivity index (χ0n) is 13.4. The Hall–Kier alpha value is -1.07. The SMILES string of the molecule is CCCN1CCC(CNC)C1c1c(C)nn(C)c1OC. The first-order chi connectivity index (χ1) is 9.63. The smallest absolute Gasteiger partial charge is 0.216 e. The van der Waals surface area contributed by atoms with Gasteiger partial charge in [0, 0.05) is 13.1 Å². The van der Waals surface area contributed by atoms with Gasteiger partial charge in [-0.1, -0.05) is 6.92 Å². The number of hydrogen-bond donors (Lipinski definition) is 1. The molecule has 0 bridgehead atoms. The Balaban J connectivity index is 2.38. The first-order valence-electron chi connectivity index (χ1n) is 7.60. The highest BCUT2D eigenvalue weighted by atomic mass is 16.5. The molecule has 1 fully saturated rings. The Kier molecular flexibility index (Phi) is 5.05. The van der Waals surface area contributed by atoms with Crippen LogP contribution >= 0.6 is 0 Å². The van der Waals surface area contributed by atoms with Gasteiger partial charge in [-0.15, -0.1) is 0 Å². The van der Waals surface area contributed by atoms with Gasteiger partial charge in [0.05, 0.1) is 18.4 Å². The van der Waals surface area contributed by atoms with Crippen LogP contribution in [-0.2, 0) is 7.05 Å². The second-order valence-electron chi connectivity index (χ2n) is 5.72. The van der Waals surface area contributed by atoms with Gasteiger partial charge in [-0.2, -0.15) is 5.10 Å². The van der Waals surface area contributed by atoms with Gasteiger partial charge < -0.3 is 10.1 Å². The van der Waals surface area contributed by atoms with Crippen molar-refractivity contribution in [2.45, 2.75) is 32.7 Å². The lowest BCUT2D eigenvalue weighted by Gasteiger charge is -2.28. The van der Waals surface area contributed by atoms with E-state index < -0.39 is 0 Å². The van der Waals surface area contributed by atoms with Gasteiger partial charge in [-0.3, -0.25) is 4.90 Å². The monoisotopic (exact) mass is 280 g/mol. The Labute approximate surface area is 122 Å². The summed E-state index contributed by atoms with van der Waals surface area (Å²) in [6.07, 6.45) is 2.42. The van der Waals surface area contributed by atoms with Crippen molar-refractivity contribution in [3.05, 3.63) is 11.3 Å². The molecule has 5 heteroatoms. The third kappa shape index (κ3) is 2.69. The molecule has 2 atom stereocenters. The molecule has 2 rings (SSSR count). The van der Waals surface area contributed by atoms with Gasteiger partial charge >= 0.3 is 0 Å². The van der Waals surface area contributed by atoms with Crippen molar-refractivity contribution in [3.63, 3.8) is 0 Å². The molecule has 1 aromatic rings. The molecule has 0 radical (unpaired) electrons. The second-order valence-corrected chi connectivity index (χ2v) is 5.72. The maximum atomic E-state index is 5.62. The molecule has 20 heavy (non-hydrogen) atoms. The summed E-state index contributed by atoms with van der Waals surface area (Å²) >= 11 is 0. The number of nitrogens with one attached hydrogen (secondary N) is 1. The van der Waals surface area contributed by atoms with Gasteiger partial charge in [-0.25, -0.2) is 4.68 Å². The van der Waals surface area contributed by atoms with E-state index in [-0.39, 0.29) is 0 Å². The molecule has 2 heterocycles. The summed E-state index contributed by atoms with van der Waals surface area (Å²) in [7, 11) is 5.74. The van der Waals surface area contributed by atoms with Crippen LogP contribution in [0.5, 0.6) is 5.88 Å². The number of aromatic nitrogens is 2. The average molecular weight is 280 g/mol. The van der Waals surface area contributed by atoms with Crippen molar-refractivity contribution in [1.29, 1.82) is 0 Å². The van der Waals surface area contributed by atoms with Crippen molar-refractivity contribution < 1.29 is 4.74 Å². The first-order valence-corrected chi connectivity index (χ1v) is 7.60. The Morgan fingerprint density at radius 1 is 1.45 bits per heavy atom. The number of rotatable bonds is 6. The lowest BCUT2D eigenvalue weighted by atomic mass is 9.93. The average Bonchev–Trinajstić information content (AvgIpc) is 2.91. The molecule has 1 aliphatic heterocycles. The minimum Gasteiger partial charge on any atom is -0.481 e. The van der Waals surface area contributed by atoms with Crippen LogP contribution in [0.25, 0.3) is 0 Å². The largest absolute Gasteiger partial charge is 0.481 e. The molecular weight excluding hydrogens is 252 g/mol. The molecule has 0 aromatic carbocycles. The summed E-state index contributed by atoms with van der Waals surface area (Å²) in [5.41, 5.74) is 2.37. The van der Waals surface area contributed by atoms with E-state index in [9.17, 15) is 0 Å². The summed E-state index contributed by atoms with van der Waals surface area (Å²) in [6, 6.07) is 0.422. The van der Waals surface area contributed by atoms with E-state index in [0.717, 1.165) is 24.7 Å². The molecule has 1 N–H and O–H groups in total. The van der Waals surface area contributed by atoms with Gasteiger partial charge in [0.1, 0.15) is 0 Å². The first kappa shape index (κ1) is 15.3. The fourth-order valence-corrected chi connectivity index (χ4v) is 3.59. The van der Waals surface area contributed by atoms with Crippen molar-refractivity contribution in [1.82, 2.24) is 20.0 Å². The van der Waals surface area contributed by atoms with E-state index in [2.05, 4.69) is 29.2 Å². The van der Waals surface area contributed by atoms with Crippen LogP contribution in [0.4, 0.5) is 0 Å². The molecule has 0 spiro atoms. The van der Waals surface area contributed by atoms with Crippen LogP contribution in [0.3, 0.4) is 0 Å². The Morgan fingerprint density at radius 3 is 2.80 bits per heavy atom. The molecule has 0 aliphatic carbocycles. The molecule has 1 saturated heterocycles. The predicted molar refractivity (Wildman–Crippen MR) is 81.1 cm³/mol. The number of hydrogen-bond acceptors (Lipinski definition) is 4. The third-order valence-electron chi connectivity index (χ3n) is 4.31. The molecule has 2 unspecified atom stereocenters. The maximum Gasteiger partial charge on any atom is 0.216 e. The summed E-state index contributed by atoms with van der Waals surface area (Å²) in [4.78, 5) is 2.59. The highest BCUT2D eigenvalue weighted by Gasteiger charge is 2.38. The fourth-order valence-electron chi connectivity index (χ4n) is 3.59. The molecule has 5 nitrogen and oxygen atoms in total. The normalized spacial score (nSPS) is 23.4.